The van der Waals surface area contributed by atoms with E-state index in [1.807, 2.05) is 39.0 Å². The maximum Gasteiger partial charge on any atom is 0.254 e. The Hall–Kier alpha value is -1.61. The Bertz CT molecular complexity index is 674. The largest absolute Gasteiger partial charge is 0.310 e. The van der Waals surface area contributed by atoms with Crippen molar-refractivity contribution in [2.45, 2.75) is 33.6 Å². The van der Waals surface area contributed by atoms with Gasteiger partial charge in [0, 0.05) is 22.1 Å². The molecule has 0 amide bonds. The average Bonchev–Trinajstić information content (AvgIpc) is 2.35. The van der Waals surface area contributed by atoms with Gasteiger partial charge in [0.25, 0.3) is 5.56 Å². The van der Waals surface area contributed by atoms with Crippen LogP contribution in [0, 0.1) is 13.8 Å². The first-order valence-corrected chi connectivity index (χ1v) is 6.65. The first-order valence-electron chi connectivity index (χ1n) is 6.27. The van der Waals surface area contributed by atoms with Crippen molar-refractivity contribution in [1.29, 1.82) is 0 Å². The predicted molar refractivity (Wildman–Crippen MR) is 78.9 cm³/mol. The van der Waals surface area contributed by atoms with E-state index in [2.05, 4.69) is 9.97 Å². The molecule has 0 saturated carbocycles. The van der Waals surface area contributed by atoms with Gasteiger partial charge in [-0.05, 0) is 25.5 Å². The zero-order chi connectivity index (χ0) is 14.2. The molecule has 0 radical (unpaired) electrons. The lowest BCUT2D eigenvalue weighted by Crippen LogP contribution is -2.16. The number of benzene rings is 1. The number of nitrogens with one attached hydrogen (secondary N) is 1. The standard InChI is InChI=1S/C15H17ClN2O/c1-8(2)14-17-13(10(4)15(19)18-14)11-6-5-9(3)12(16)7-11/h5-8H,1-4H3,(H,17,18,19). The number of H-pyrrole nitrogens is 1. The van der Waals surface area contributed by atoms with E-state index in [0.717, 1.165) is 11.1 Å². The van der Waals surface area contributed by atoms with E-state index >= 15 is 0 Å². The fraction of sp³-hybridized carbons (Fsp3) is 0.333. The molecule has 0 saturated heterocycles. The highest BCUT2D eigenvalue weighted by molar-refractivity contribution is 6.31. The van der Waals surface area contributed by atoms with Gasteiger partial charge in [-0.1, -0.05) is 37.6 Å². The summed E-state index contributed by atoms with van der Waals surface area (Å²) in [6, 6.07) is 5.74. The molecule has 0 aliphatic rings. The molecule has 1 heterocycles. The summed E-state index contributed by atoms with van der Waals surface area (Å²) in [6.07, 6.45) is 0. The van der Waals surface area contributed by atoms with Gasteiger partial charge in [0.2, 0.25) is 0 Å². The van der Waals surface area contributed by atoms with Crippen LogP contribution in [0.4, 0.5) is 0 Å². The van der Waals surface area contributed by atoms with E-state index < -0.39 is 0 Å². The lowest BCUT2D eigenvalue weighted by Gasteiger charge is -2.10. The fourth-order valence-electron chi connectivity index (χ4n) is 1.84. The van der Waals surface area contributed by atoms with Crippen molar-refractivity contribution in [3.63, 3.8) is 0 Å². The summed E-state index contributed by atoms with van der Waals surface area (Å²) >= 11 is 6.14. The van der Waals surface area contributed by atoms with Crippen LogP contribution in [0.15, 0.2) is 23.0 Å². The number of hydrogen-bond acceptors (Lipinski definition) is 2. The summed E-state index contributed by atoms with van der Waals surface area (Å²) in [6.45, 7) is 7.72. The second-order valence-corrected chi connectivity index (χ2v) is 5.45. The third-order valence-electron chi connectivity index (χ3n) is 3.16. The van der Waals surface area contributed by atoms with Crippen molar-refractivity contribution < 1.29 is 0 Å². The Kier molecular flexibility index (Phi) is 3.76. The maximum absolute atomic E-state index is 12.0. The third-order valence-corrected chi connectivity index (χ3v) is 3.57. The minimum Gasteiger partial charge on any atom is -0.310 e. The van der Waals surface area contributed by atoms with Gasteiger partial charge in [-0.25, -0.2) is 4.98 Å². The zero-order valence-electron chi connectivity index (χ0n) is 11.5. The number of nitrogens with zero attached hydrogens (tertiary/aromatic N) is 1. The molecule has 0 fully saturated rings. The number of rotatable bonds is 2. The highest BCUT2D eigenvalue weighted by Gasteiger charge is 2.12. The summed E-state index contributed by atoms with van der Waals surface area (Å²) in [5.41, 5.74) is 3.11. The quantitative estimate of drug-likeness (QED) is 0.906. The smallest absolute Gasteiger partial charge is 0.254 e. The van der Waals surface area contributed by atoms with Crippen LogP contribution in [0.5, 0.6) is 0 Å². The van der Waals surface area contributed by atoms with E-state index in [0.29, 0.717) is 22.1 Å². The Morgan fingerprint density at radius 2 is 1.95 bits per heavy atom. The second-order valence-electron chi connectivity index (χ2n) is 5.04. The number of halogens is 1. The highest BCUT2D eigenvalue weighted by Crippen LogP contribution is 2.25. The summed E-state index contributed by atoms with van der Waals surface area (Å²) in [5.74, 6) is 0.871. The van der Waals surface area contributed by atoms with E-state index in [4.69, 9.17) is 11.6 Å². The zero-order valence-corrected chi connectivity index (χ0v) is 12.3. The third kappa shape index (κ3) is 2.71. The summed E-state index contributed by atoms with van der Waals surface area (Å²) in [5, 5.41) is 0.685. The molecule has 2 rings (SSSR count). The van der Waals surface area contributed by atoms with Gasteiger partial charge in [-0.15, -0.1) is 0 Å². The summed E-state index contributed by atoms with van der Waals surface area (Å²) in [7, 11) is 0. The summed E-state index contributed by atoms with van der Waals surface area (Å²) in [4.78, 5) is 19.3. The SMILES string of the molecule is Cc1ccc(-c2nc(C(C)C)[nH]c(=O)c2C)cc1Cl. The molecule has 0 unspecified atom stereocenters. The molecule has 1 aromatic heterocycles. The minimum absolute atomic E-state index is 0.0922. The lowest BCUT2D eigenvalue weighted by molar-refractivity contribution is 0.765. The maximum atomic E-state index is 12.0. The van der Waals surface area contributed by atoms with Crippen LogP contribution >= 0.6 is 11.6 Å². The molecule has 0 atom stereocenters. The van der Waals surface area contributed by atoms with Crippen LogP contribution in [-0.2, 0) is 0 Å². The number of hydrogen-bond donors (Lipinski definition) is 1. The molecule has 0 aliphatic carbocycles. The topological polar surface area (TPSA) is 45.8 Å². The van der Waals surface area contributed by atoms with Crippen molar-refractivity contribution in [2.75, 3.05) is 0 Å². The first kappa shape index (κ1) is 13.8. The van der Waals surface area contributed by atoms with E-state index in [-0.39, 0.29) is 11.5 Å². The number of aromatic nitrogens is 2. The predicted octanol–water partition coefficient (Wildman–Crippen LogP) is 3.83. The van der Waals surface area contributed by atoms with Crippen LogP contribution in [0.3, 0.4) is 0 Å². The molecule has 0 bridgehead atoms. The van der Waals surface area contributed by atoms with E-state index in [1.54, 1.807) is 6.92 Å². The number of aromatic amines is 1. The molecule has 1 aromatic carbocycles. The molecule has 100 valence electrons. The Labute approximate surface area is 117 Å². The van der Waals surface area contributed by atoms with Crippen molar-refractivity contribution in [3.05, 3.63) is 50.5 Å². The summed E-state index contributed by atoms with van der Waals surface area (Å²) < 4.78 is 0. The normalized spacial score (nSPS) is 11.1. The minimum atomic E-state index is -0.0922. The molecule has 19 heavy (non-hydrogen) atoms. The highest BCUT2D eigenvalue weighted by atomic mass is 35.5. The van der Waals surface area contributed by atoms with Crippen molar-refractivity contribution in [3.8, 4) is 11.3 Å². The first-order chi connectivity index (χ1) is 8.90. The molecule has 0 spiro atoms. The molecule has 4 heteroatoms. The van der Waals surface area contributed by atoms with Gasteiger partial charge < -0.3 is 4.98 Å². The Morgan fingerprint density at radius 1 is 1.26 bits per heavy atom. The molecular formula is C15H17ClN2O. The van der Waals surface area contributed by atoms with Crippen LogP contribution in [-0.4, -0.2) is 9.97 Å². The molecule has 1 N–H and O–H groups in total. The van der Waals surface area contributed by atoms with Crippen molar-refractivity contribution in [1.82, 2.24) is 9.97 Å². The number of aryl methyl sites for hydroxylation is 1. The van der Waals surface area contributed by atoms with E-state index in [1.165, 1.54) is 0 Å². The lowest BCUT2D eigenvalue weighted by atomic mass is 10.1. The van der Waals surface area contributed by atoms with Gasteiger partial charge in [-0.2, -0.15) is 0 Å². The average molecular weight is 277 g/mol. The van der Waals surface area contributed by atoms with Crippen LogP contribution < -0.4 is 5.56 Å². The van der Waals surface area contributed by atoms with Crippen LogP contribution in [0.2, 0.25) is 5.02 Å². The van der Waals surface area contributed by atoms with Crippen molar-refractivity contribution in [2.24, 2.45) is 0 Å². The van der Waals surface area contributed by atoms with Crippen LogP contribution in [0.25, 0.3) is 11.3 Å². The van der Waals surface area contributed by atoms with Gasteiger partial charge >= 0.3 is 0 Å². The monoisotopic (exact) mass is 276 g/mol. The van der Waals surface area contributed by atoms with Gasteiger partial charge in [0.05, 0.1) is 5.69 Å². The van der Waals surface area contributed by atoms with Crippen LogP contribution in [0.1, 0.15) is 36.7 Å². The van der Waals surface area contributed by atoms with E-state index in [9.17, 15) is 4.79 Å². The molecule has 3 nitrogen and oxygen atoms in total. The fourth-order valence-corrected chi connectivity index (χ4v) is 2.03. The molecular weight excluding hydrogens is 260 g/mol. The second kappa shape index (κ2) is 5.17. The molecule has 2 aromatic rings. The van der Waals surface area contributed by atoms with Gasteiger partial charge in [0.15, 0.2) is 0 Å². The molecule has 0 aliphatic heterocycles. The van der Waals surface area contributed by atoms with Crippen molar-refractivity contribution >= 4 is 11.6 Å². The Balaban J connectivity index is 2.67. The van der Waals surface area contributed by atoms with Gasteiger partial charge in [0.1, 0.15) is 5.82 Å². The van der Waals surface area contributed by atoms with Gasteiger partial charge in [-0.3, -0.25) is 4.79 Å². The Morgan fingerprint density at radius 3 is 2.53 bits per heavy atom.